The number of methoxy groups -OCH3 is 1. The van der Waals surface area contributed by atoms with Gasteiger partial charge in [0.25, 0.3) is 5.91 Å². The number of likely N-dealkylation sites (tertiary alicyclic amines) is 1. The summed E-state index contributed by atoms with van der Waals surface area (Å²) in [5.41, 5.74) is 5.75. The molecule has 26 heavy (non-hydrogen) atoms. The zero-order valence-electron chi connectivity index (χ0n) is 14.3. The number of benzene rings is 1. The van der Waals surface area contributed by atoms with Gasteiger partial charge in [0.2, 0.25) is 0 Å². The summed E-state index contributed by atoms with van der Waals surface area (Å²) in [4.78, 5) is 14.7. The number of rotatable bonds is 4. The zero-order valence-corrected chi connectivity index (χ0v) is 14.3. The number of para-hydroxylation sites is 1. The Hall–Kier alpha value is -2.87. The lowest BCUT2D eigenvalue weighted by Gasteiger charge is -2.23. The molecule has 1 amide bonds. The number of amides is 1. The van der Waals surface area contributed by atoms with Crippen LogP contribution in [-0.2, 0) is 11.3 Å². The minimum absolute atomic E-state index is 0.0713. The molecule has 136 valence electrons. The van der Waals surface area contributed by atoms with Gasteiger partial charge in [-0.05, 0) is 24.6 Å². The normalized spacial score (nSPS) is 20.2. The van der Waals surface area contributed by atoms with Crippen molar-refractivity contribution >= 4 is 22.7 Å². The van der Waals surface area contributed by atoms with Gasteiger partial charge in [0.1, 0.15) is 5.82 Å². The van der Waals surface area contributed by atoms with Gasteiger partial charge in [-0.1, -0.05) is 12.1 Å². The quantitative estimate of drug-likeness (QED) is 0.773. The number of nitrogens with zero attached hydrogens (tertiary/aromatic N) is 3. The van der Waals surface area contributed by atoms with E-state index in [1.165, 1.54) is 6.07 Å². The highest BCUT2D eigenvalue weighted by atomic mass is 19.1. The van der Waals surface area contributed by atoms with E-state index in [0.717, 1.165) is 0 Å². The van der Waals surface area contributed by atoms with Crippen LogP contribution in [0.2, 0.25) is 0 Å². The average Bonchev–Trinajstić information content (AvgIpc) is 3.33. The summed E-state index contributed by atoms with van der Waals surface area (Å²) in [7, 11) is 1.62. The zero-order chi connectivity index (χ0) is 18.3. The van der Waals surface area contributed by atoms with Gasteiger partial charge in [-0.3, -0.25) is 9.48 Å². The van der Waals surface area contributed by atoms with Crippen molar-refractivity contribution in [2.24, 2.45) is 0 Å². The van der Waals surface area contributed by atoms with Crippen LogP contribution in [-0.4, -0.2) is 46.4 Å². The summed E-state index contributed by atoms with van der Waals surface area (Å²) in [6.45, 7) is 0.938. The Morgan fingerprint density at radius 2 is 2.31 bits per heavy atom. The van der Waals surface area contributed by atoms with E-state index in [-0.39, 0.29) is 29.4 Å². The third-order valence-corrected chi connectivity index (χ3v) is 4.74. The summed E-state index contributed by atoms with van der Waals surface area (Å²) >= 11 is 0. The highest BCUT2D eigenvalue weighted by Gasteiger charge is 2.37. The van der Waals surface area contributed by atoms with Gasteiger partial charge >= 0.3 is 0 Å². The van der Waals surface area contributed by atoms with Crippen LogP contribution in [0.1, 0.15) is 17.0 Å². The number of fused-ring (bicyclic) bond motifs is 1. The molecule has 1 aliphatic rings. The SMILES string of the molecule is CO[C@@H]1C[C@@H](Cn2ccc(N)n2)N(C(=O)c2cc3cccc(F)c3o2)C1. The van der Waals surface area contributed by atoms with Crippen molar-refractivity contribution in [1.29, 1.82) is 0 Å². The topological polar surface area (TPSA) is 86.5 Å². The Labute approximate surface area is 149 Å². The molecule has 4 rings (SSSR count). The van der Waals surface area contributed by atoms with Crippen LogP contribution in [0, 0.1) is 5.82 Å². The van der Waals surface area contributed by atoms with E-state index in [2.05, 4.69) is 5.10 Å². The van der Waals surface area contributed by atoms with Crippen molar-refractivity contribution in [2.75, 3.05) is 19.4 Å². The minimum atomic E-state index is -0.485. The van der Waals surface area contributed by atoms with Crippen molar-refractivity contribution in [3.63, 3.8) is 0 Å². The summed E-state index contributed by atoms with van der Waals surface area (Å²) in [6.07, 6.45) is 2.38. The molecule has 0 spiro atoms. The standard InChI is InChI=1S/C18H19FN4O3/c1-25-13-8-12(9-22-6-5-16(20)21-22)23(10-13)18(24)15-7-11-3-2-4-14(19)17(11)26-15/h2-7,12-13H,8-10H2,1H3,(H2,20,21)/t12-,13+/m0/s1. The summed E-state index contributed by atoms with van der Waals surface area (Å²) in [5, 5.41) is 4.74. The number of halogens is 1. The number of nitrogen functional groups attached to an aromatic ring is 1. The maximum absolute atomic E-state index is 13.9. The number of hydrogen-bond acceptors (Lipinski definition) is 5. The smallest absolute Gasteiger partial charge is 0.290 e. The van der Waals surface area contributed by atoms with Crippen LogP contribution in [0.3, 0.4) is 0 Å². The van der Waals surface area contributed by atoms with Crippen molar-refractivity contribution in [3.05, 3.63) is 48.1 Å². The monoisotopic (exact) mass is 358 g/mol. The number of anilines is 1. The highest BCUT2D eigenvalue weighted by molar-refractivity contribution is 5.96. The van der Waals surface area contributed by atoms with Gasteiger partial charge < -0.3 is 19.8 Å². The van der Waals surface area contributed by atoms with E-state index in [9.17, 15) is 9.18 Å². The van der Waals surface area contributed by atoms with E-state index < -0.39 is 5.82 Å². The van der Waals surface area contributed by atoms with Crippen LogP contribution < -0.4 is 5.73 Å². The molecular weight excluding hydrogens is 339 g/mol. The lowest BCUT2D eigenvalue weighted by atomic mass is 10.2. The lowest BCUT2D eigenvalue weighted by Crippen LogP contribution is -2.38. The van der Waals surface area contributed by atoms with Crippen LogP contribution in [0.15, 0.2) is 40.9 Å². The predicted octanol–water partition coefficient (Wildman–Crippen LogP) is 2.28. The fourth-order valence-corrected chi connectivity index (χ4v) is 3.44. The maximum atomic E-state index is 13.9. The molecule has 7 nitrogen and oxygen atoms in total. The molecule has 1 aliphatic heterocycles. The van der Waals surface area contributed by atoms with Gasteiger partial charge in [0.15, 0.2) is 17.2 Å². The second-order valence-corrected chi connectivity index (χ2v) is 6.44. The number of carbonyl (C=O) groups excluding carboxylic acids is 1. The largest absolute Gasteiger partial charge is 0.448 e. The summed E-state index contributed by atoms with van der Waals surface area (Å²) in [6, 6.07) is 7.76. The molecule has 2 aromatic heterocycles. The molecular formula is C18H19FN4O3. The number of furan rings is 1. The number of carbonyl (C=O) groups is 1. The highest BCUT2D eigenvalue weighted by Crippen LogP contribution is 2.27. The van der Waals surface area contributed by atoms with Gasteiger partial charge in [-0.25, -0.2) is 4.39 Å². The number of hydrogen-bond donors (Lipinski definition) is 1. The first-order valence-corrected chi connectivity index (χ1v) is 8.36. The maximum Gasteiger partial charge on any atom is 0.290 e. The Balaban J connectivity index is 1.61. The van der Waals surface area contributed by atoms with Crippen LogP contribution >= 0.6 is 0 Å². The number of ether oxygens (including phenoxy) is 1. The summed E-state index contributed by atoms with van der Waals surface area (Å²) < 4.78 is 26.5. The minimum Gasteiger partial charge on any atom is -0.448 e. The number of nitrogens with two attached hydrogens (primary N) is 1. The molecule has 0 saturated carbocycles. The van der Waals surface area contributed by atoms with Gasteiger partial charge in [0.05, 0.1) is 18.7 Å². The lowest BCUT2D eigenvalue weighted by molar-refractivity contribution is 0.0650. The second kappa shape index (κ2) is 6.45. The molecule has 1 fully saturated rings. The molecule has 0 unspecified atom stereocenters. The fraction of sp³-hybridized carbons (Fsp3) is 0.333. The Bertz CT molecular complexity index is 951. The molecule has 2 atom stereocenters. The molecule has 8 heteroatoms. The van der Waals surface area contributed by atoms with E-state index >= 15 is 0 Å². The molecule has 0 bridgehead atoms. The molecule has 3 heterocycles. The first kappa shape index (κ1) is 16.6. The molecule has 1 saturated heterocycles. The first-order chi connectivity index (χ1) is 12.5. The molecule has 3 aromatic rings. The van der Waals surface area contributed by atoms with Crippen LogP contribution in [0.4, 0.5) is 10.2 Å². The summed E-state index contributed by atoms with van der Waals surface area (Å²) in [5.74, 6) is -0.227. The third kappa shape index (κ3) is 2.92. The third-order valence-electron chi connectivity index (χ3n) is 4.74. The van der Waals surface area contributed by atoms with E-state index in [0.29, 0.717) is 30.7 Å². The van der Waals surface area contributed by atoms with E-state index in [1.54, 1.807) is 47.2 Å². The Morgan fingerprint density at radius 3 is 3.00 bits per heavy atom. The average molecular weight is 358 g/mol. The Morgan fingerprint density at radius 1 is 1.46 bits per heavy atom. The molecule has 0 radical (unpaired) electrons. The molecule has 0 aliphatic carbocycles. The van der Waals surface area contributed by atoms with Crippen molar-refractivity contribution < 1.29 is 18.3 Å². The van der Waals surface area contributed by atoms with Gasteiger partial charge in [-0.2, -0.15) is 5.10 Å². The molecule has 2 N–H and O–H groups in total. The fourth-order valence-electron chi connectivity index (χ4n) is 3.44. The van der Waals surface area contributed by atoms with Gasteiger partial charge in [0, 0.05) is 25.2 Å². The number of aromatic nitrogens is 2. The van der Waals surface area contributed by atoms with Crippen LogP contribution in [0.25, 0.3) is 11.0 Å². The molecule has 1 aromatic carbocycles. The van der Waals surface area contributed by atoms with E-state index in [1.807, 2.05) is 0 Å². The second-order valence-electron chi connectivity index (χ2n) is 6.44. The van der Waals surface area contributed by atoms with E-state index in [4.69, 9.17) is 14.9 Å². The Kier molecular flexibility index (Phi) is 4.12. The van der Waals surface area contributed by atoms with Crippen molar-refractivity contribution in [3.8, 4) is 0 Å². The first-order valence-electron chi connectivity index (χ1n) is 8.36. The van der Waals surface area contributed by atoms with Crippen LogP contribution in [0.5, 0.6) is 0 Å². The van der Waals surface area contributed by atoms with Crippen molar-refractivity contribution in [2.45, 2.75) is 25.1 Å². The predicted molar refractivity (Wildman–Crippen MR) is 93.0 cm³/mol. The van der Waals surface area contributed by atoms with Crippen molar-refractivity contribution in [1.82, 2.24) is 14.7 Å². The van der Waals surface area contributed by atoms with Gasteiger partial charge in [-0.15, -0.1) is 0 Å².